The molecule has 1 aliphatic rings. The lowest BCUT2D eigenvalue weighted by atomic mass is 9.98. The van der Waals surface area contributed by atoms with E-state index in [9.17, 15) is 4.79 Å². The van der Waals surface area contributed by atoms with Gasteiger partial charge in [-0.05, 0) is 25.7 Å². The zero-order valence-corrected chi connectivity index (χ0v) is 12.7. The summed E-state index contributed by atoms with van der Waals surface area (Å²) in [5.41, 5.74) is 1.83. The van der Waals surface area contributed by atoms with Crippen LogP contribution in [0.15, 0.2) is 0 Å². The highest BCUT2D eigenvalue weighted by Crippen LogP contribution is 2.33. The number of hydrogen-bond acceptors (Lipinski definition) is 2. The van der Waals surface area contributed by atoms with Crippen LogP contribution in [0, 0.1) is 0 Å². The molecule has 0 N–H and O–H groups in total. The van der Waals surface area contributed by atoms with Crippen LogP contribution in [-0.2, 0) is 6.42 Å². The predicted octanol–water partition coefficient (Wildman–Crippen LogP) is 3.00. The van der Waals surface area contributed by atoms with Gasteiger partial charge in [-0.3, -0.25) is 4.79 Å². The van der Waals surface area contributed by atoms with Crippen LogP contribution in [0.5, 0.6) is 0 Å². The number of carbonyl (C=O) groups is 1. The normalized spacial score (nSPS) is 18.5. The third kappa shape index (κ3) is 2.40. The summed E-state index contributed by atoms with van der Waals surface area (Å²) in [5, 5.41) is 0. The monoisotopic (exact) mass is 263 g/mol. The van der Waals surface area contributed by atoms with Crippen molar-refractivity contribution in [3.63, 3.8) is 0 Å². The largest absolute Gasteiger partial charge is 0.343 e. The van der Waals surface area contributed by atoms with E-state index in [0.29, 0.717) is 17.7 Å². The average Bonchev–Trinajstić information content (AvgIpc) is 2.77. The van der Waals surface area contributed by atoms with Crippen LogP contribution in [0.1, 0.15) is 74.0 Å². The third-order valence-corrected chi connectivity index (χ3v) is 3.95. The van der Waals surface area contributed by atoms with E-state index in [0.717, 1.165) is 30.8 Å². The van der Waals surface area contributed by atoms with Crippen LogP contribution in [0.3, 0.4) is 0 Å². The molecule has 4 nitrogen and oxygen atoms in total. The Morgan fingerprint density at radius 1 is 1.47 bits per heavy atom. The lowest BCUT2D eigenvalue weighted by Crippen LogP contribution is -2.25. The Hall–Kier alpha value is -1.32. The van der Waals surface area contributed by atoms with E-state index in [1.807, 2.05) is 0 Å². The minimum Gasteiger partial charge on any atom is -0.343 e. The number of imidazole rings is 1. The number of carbonyl (C=O) groups excluding carboxylic acids is 1. The van der Waals surface area contributed by atoms with Crippen molar-refractivity contribution in [2.45, 2.75) is 58.4 Å². The van der Waals surface area contributed by atoms with Gasteiger partial charge < -0.3 is 9.47 Å². The van der Waals surface area contributed by atoms with Gasteiger partial charge >= 0.3 is 0 Å². The second kappa shape index (κ2) is 5.35. The first-order valence-corrected chi connectivity index (χ1v) is 7.30. The fourth-order valence-corrected chi connectivity index (χ4v) is 2.94. The standard InChI is InChI=1S/C15H25N3O/c1-6-11-8-7-9-12-13(15(19)17(4)5)16-14(10(2)3)18(11)12/h10-11H,6-9H2,1-5H3. The Morgan fingerprint density at radius 3 is 2.68 bits per heavy atom. The predicted molar refractivity (Wildman–Crippen MR) is 76.6 cm³/mol. The molecule has 2 rings (SSSR count). The van der Waals surface area contributed by atoms with Gasteiger partial charge in [-0.15, -0.1) is 0 Å². The van der Waals surface area contributed by atoms with Gasteiger partial charge in [0.1, 0.15) is 11.5 Å². The lowest BCUT2D eigenvalue weighted by molar-refractivity contribution is 0.0820. The van der Waals surface area contributed by atoms with Crippen molar-refractivity contribution in [3.8, 4) is 0 Å². The Morgan fingerprint density at radius 2 is 2.16 bits per heavy atom. The lowest BCUT2D eigenvalue weighted by Gasteiger charge is -2.27. The van der Waals surface area contributed by atoms with E-state index in [1.165, 1.54) is 6.42 Å². The number of fused-ring (bicyclic) bond motifs is 1. The summed E-state index contributed by atoms with van der Waals surface area (Å²) in [6, 6.07) is 0.511. The van der Waals surface area contributed by atoms with Gasteiger partial charge in [0, 0.05) is 26.1 Å². The molecule has 1 aliphatic heterocycles. The molecule has 0 aliphatic carbocycles. The molecule has 1 aromatic heterocycles. The van der Waals surface area contributed by atoms with Crippen molar-refractivity contribution < 1.29 is 4.79 Å². The molecule has 0 saturated carbocycles. The summed E-state index contributed by atoms with van der Waals surface area (Å²) in [7, 11) is 3.59. The minimum atomic E-state index is 0.0346. The molecule has 1 atom stereocenters. The van der Waals surface area contributed by atoms with Crippen LogP contribution in [0.2, 0.25) is 0 Å². The topological polar surface area (TPSA) is 38.1 Å². The van der Waals surface area contributed by atoms with Crippen molar-refractivity contribution in [2.75, 3.05) is 14.1 Å². The van der Waals surface area contributed by atoms with Crippen LogP contribution in [-0.4, -0.2) is 34.5 Å². The third-order valence-electron chi connectivity index (χ3n) is 3.95. The van der Waals surface area contributed by atoms with E-state index in [-0.39, 0.29) is 5.91 Å². The second-order valence-corrected chi connectivity index (χ2v) is 5.94. The summed E-state index contributed by atoms with van der Waals surface area (Å²) in [6.45, 7) is 6.53. The first-order chi connectivity index (χ1) is 8.97. The van der Waals surface area contributed by atoms with E-state index >= 15 is 0 Å². The summed E-state index contributed by atoms with van der Waals surface area (Å²) < 4.78 is 2.35. The van der Waals surface area contributed by atoms with Crippen molar-refractivity contribution in [1.82, 2.24) is 14.5 Å². The van der Waals surface area contributed by atoms with E-state index in [1.54, 1.807) is 19.0 Å². The van der Waals surface area contributed by atoms with E-state index in [2.05, 4.69) is 30.3 Å². The van der Waals surface area contributed by atoms with E-state index < -0.39 is 0 Å². The SMILES string of the molecule is CCC1CCCc2c(C(=O)N(C)C)nc(C(C)C)n21. The van der Waals surface area contributed by atoms with Crippen molar-refractivity contribution >= 4 is 5.91 Å². The number of amides is 1. The molecule has 19 heavy (non-hydrogen) atoms. The molecule has 0 saturated heterocycles. The Balaban J connectivity index is 2.56. The van der Waals surface area contributed by atoms with Crippen molar-refractivity contribution in [1.29, 1.82) is 0 Å². The fourth-order valence-electron chi connectivity index (χ4n) is 2.94. The molecule has 4 heteroatoms. The summed E-state index contributed by atoms with van der Waals surface area (Å²) in [4.78, 5) is 18.6. The van der Waals surface area contributed by atoms with Crippen LogP contribution >= 0.6 is 0 Å². The Labute approximate surface area is 115 Å². The van der Waals surface area contributed by atoms with Crippen LogP contribution in [0.25, 0.3) is 0 Å². The molecule has 0 radical (unpaired) electrons. The van der Waals surface area contributed by atoms with Crippen molar-refractivity contribution in [3.05, 3.63) is 17.2 Å². The van der Waals surface area contributed by atoms with Crippen LogP contribution < -0.4 is 0 Å². The van der Waals surface area contributed by atoms with Gasteiger partial charge in [-0.2, -0.15) is 0 Å². The average molecular weight is 263 g/mol. The molecule has 0 bridgehead atoms. The molecule has 0 aromatic carbocycles. The highest BCUT2D eigenvalue weighted by Gasteiger charge is 2.30. The van der Waals surface area contributed by atoms with Gasteiger partial charge in [-0.25, -0.2) is 4.98 Å². The second-order valence-electron chi connectivity index (χ2n) is 5.94. The molecule has 1 amide bonds. The summed E-state index contributed by atoms with van der Waals surface area (Å²) in [6.07, 6.45) is 4.45. The molecule has 2 heterocycles. The smallest absolute Gasteiger partial charge is 0.273 e. The first-order valence-electron chi connectivity index (χ1n) is 7.30. The van der Waals surface area contributed by atoms with Gasteiger partial charge in [0.05, 0.1) is 5.69 Å². The first kappa shape index (κ1) is 14.1. The number of aromatic nitrogens is 2. The Kier molecular flexibility index (Phi) is 3.97. The maximum atomic E-state index is 12.3. The summed E-state index contributed by atoms with van der Waals surface area (Å²) >= 11 is 0. The molecule has 1 aromatic rings. The Bertz CT molecular complexity index is 474. The molecule has 1 unspecified atom stereocenters. The highest BCUT2D eigenvalue weighted by molar-refractivity contribution is 5.93. The molecule has 0 fully saturated rings. The molecule has 106 valence electrons. The van der Waals surface area contributed by atoms with Gasteiger partial charge in [0.25, 0.3) is 5.91 Å². The summed E-state index contributed by atoms with van der Waals surface area (Å²) in [5.74, 6) is 1.47. The zero-order chi connectivity index (χ0) is 14.2. The number of nitrogens with zero attached hydrogens (tertiary/aromatic N) is 3. The van der Waals surface area contributed by atoms with Gasteiger partial charge in [0.15, 0.2) is 0 Å². The van der Waals surface area contributed by atoms with Crippen molar-refractivity contribution in [2.24, 2.45) is 0 Å². The van der Waals surface area contributed by atoms with Crippen LogP contribution in [0.4, 0.5) is 0 Å². The molecule has 0 spiro atoms. The fraction of sp³-hybridized carbons (Fsp3) is 0.733. The minimum absolute atomic E-state index is 0.0346. The van der Waals surface area contributed by atoms with E-state index in [4.69, 9.17) is 0 Å². The number of rotatable bonds is 3. The van der Waals surface area contributed by atoms with Gasteiger partial charge in [0.2, 0.25) is 0 Å². The zero-order valence-electron chi connectivity index (χ0n) is 12.7. The molecular formula is C15H25N3O. The quantitative estimate of drug-likeness (QED) is 0.841. The highest BCUT2D eigenvalue weighted by atomic mass is 16.2. The van der Waals surface area contributed by atoms with Gasteiger partial charge in [-0.1, -0.05) is 20.8 Å². The maximum Gasteiger partial charge on any atom is 0.273 e. The molecular weight excluding hydrogens is 238 g/mol. The number of hydrogen-bond donors (Lipinski definition) is 0. The maximum absolute atomic E-state index is 12.3.